The van der Waals surface area contributed by atoms with E-state index in [1.54, 1.807) is 23.5 Å². The number of carbonyl (C=O) groups excluding carboxylic acids is 1. The molecule has 2 aromatic rings. The van der Waals surface area contributed by atoms with Crippen molar-refractivity contribution in [1.29, 1.82) is 0 Å². The molecule has 0 saturated heterocycles. The summed E-state index contributed by atoms with van der Waals surface area (Å²) in [5.41, 5.74) is 1.95. The highest BCUT2D eigenvalue weighted by Crippen LogP contribution is 2.20. The van der Waals surface area contributed by atoms with Crippen LogP contribution in [0.15, 0.2) is 35.2 Å². The first-order chi connectivity index (χ1) is 8.56. The highest BCUT2D eigenvalue weighted by atomic mass is 32.1. The Bertz CT molecular complexity index is 538. The van der Waals surface area contributed by atoms with Gasteiger partial charge < -0.3 is 5.32 Å². The normalized spacial score (nSPS) is 10.4. The van der Waals surface area contributed by atoms with Crippen molar-refractivity contribution >= 4 is 29.9 Å². The Balaban J connectivity index is 1.98. The van der Waals surface area contributed by atoms with E-state index < -0.39 is 0 Å². The molecule has 0 aliphatic heterocycles. The van der Waals surface area contributed by atoms with E-state index in [0.29, 0.717) is 12.1 Å². The summed E-state index contributed by atoms with van der Waals surface area (Å²) >= 11 is 5.92. The van der Waals surface area contributed by atoms with Gasteiger partial charge in [0.2, 0.25) is 0 Å². The molecule has 0 unspecified atom stereocenters. The molecule has 0 bridgehead atoms. The SMILES string of the molecule is Cc1cc(CNC(=O)c2ccc(S)cc2)sc1C. The van der Waals surface area contributed by atoms with Crippen LogP contribution in [-0.2, 0) is 6.54 Å². The fourth-order valence-electron chi connectivity index (χ4n) is 1.62. The third kappa shape index (κ3) is 3.15. The standard InChI is InChI=1S/C14H15NOS2/c1-9-7-13(18-10(9)2)8-15-14(16)11-3-5-12(17)6-4-11/h3-7,17H,8H2,1-2H3,(H,15,16). The van der Waals surface area contributed by atoms with Crippen molar-refractivity contribution in [3.8, 4) is 0 Å². The lowest BCUT2D eigenvalue weighted by Gasteiger charge is -2.03. The summed E-state index contributed by atoms with van der Waals surface area (Å²) in [7, 11) is 0. The number of carbonyl (C=O) groups is 1. The maximum atomic E-state index is 11.9. The van der Waals surface area contributed by atoms with Gasteiger partial charge in [-0.3, -0.25) is 4.79 Å². The number of hydrogen-bond donors (Lipinski definition) is 2. The molecule has 0 aliphatic rings. The molecule has 0 atom stereocenters. The zero-order valence-corrected chi connectivity index (χ0v) is 12.1. The van der Waals surface area contributed by atoms with Crippen LogP contribution in [0.25, 0.3) is 0 Å². The van der Waals surface area contributed by atoms with Gasteiger partial charge in [0.05, 0.1) is 6.54 Å². The van der Waals surface area contributed by atoms with Crippen molar-refractivity contribution in [3.63, 3.8) is 0 Å². The highest BCUT2D eigenvalue weighted by molar-refractivity contribution is 7.80. The van der Waals surface area contributed by atoms with Gasteiger partial charge in [-0.25, -0.2) is 0 Å². The number of amides is 1. The molecule has 94 valence electrons. The third-order valence-electron chi connectivity index (χ3n) is 2.77. The van der Waals surface area contributed by atoms with E-state index in [9.17, 15) is 4.79 Å². The number of aryl methyl sites for hydroxylation is 2. The van der Waals surface area contributed by atoms with Crippen LogP contribution in [-0.4, -0.2) is 5.91 Å². The van der Waals surface area contributed by atoms with E-state index >= 15 is 0 Å². The van der Waals surface area contributed by atoms with Crippen LogP contribution >= 0.6 is 24.0 Å². The maximum Gasteiger partial charge on any atom is 0.251 e. The largest absolute Gasteiger partial charge is 0.347 e. The molecule has 1 amide bonds. The quantitative estimate of drug-likeness (QED) is 0.825. The van der Waals surface area contributed by atoms with Gasteiger partial charge >= 0.3 is 0 Å². The molecule has 1 heterocycles. The molecule has 0 saturated carbocycles. The van der Waals surface area contributed by atoms with Crippen LogP contribution in [0, 0.1) is 13.8 Å². The molecule has 2 nitrogen and oxygen atoms in total. The third-order valence-corrected chi connectivity index (χ3v) is 4.22. The van der Waals surface area contributed by atoms with Crippen molar-refractivity contribution in [2.24, 2.45) is 0 Å². The second-order valence-corrected chi connectivity index (χ2v) is 6.04. The van der Waals surface area contributed by atoms with Gasteiger partial charge in [-0.1, -0.05) is 0 Å². The lowest BCUT2D eigenvalue weighted by Crippen LogP contribution is -2.22. The van der Waals surface area contributed by atoms with E-state index in [0.717, 1.165) is 4.90 Å². The summed E-state index contributed by atoms with van der Waals surface area (Å²) in [6.45, 7) is 4.76. The van der Waals surface area contributed by atoms with Crippen LogP contribution in [0.4, 0.5) is 0 Å². The smallest absolute Gasteiger partial charge is 0.251 e. The fourth-order valence-corrected chi connectivity index (χ4v) is 2.76. The zero-order valence-electron chi connectivity index (χ0n) is 10.4. The first-order valence-corrected chi connectivity index (χ1v) is 6.96. The summed E-state index contributed by atoms with van der Waals surface area (Å²) in [6.07, 6.45) is 0. The summed E-state index contributed by atoms with van der Waals surface area (Å²) < 4.78 is 0. The Morgan fingerprint density at radius 2 is 1.94 bits per heavy atom. The average Bonchev–Trinajstić information content (AvgIpc) is 2.67. The highest BCUT2D eigenvalue weighted by Gasteiger charge is 2.06. The molecular weight excluding hydrogens is 262 g/mol. The molecule has 0 spiro atoms. The monoisotopic (exact) mass is 277 g/mol. The van der Waals surface area contributed by atoms with E-state index in [1.165, 1.54) is 15.3 Å². The zero-order chi connectivity index (χ0) is 13.1. The molecule has 1 aromatic carbocycles. The number of benzene rings is 1. The van der Waals surface area contributed by atoms with Crippen LogP contribution in [0.5, 0.6) is 0 Å². The van der Waals surface area contributed by atoms with Crippen LogP contribution in [0.1, 0.15) is 25.7 Å². The van der Waals surface area contributed by atoms with Crippen LogP contribution in [0.2, 0.25) is 0 Å². The van der Waals surface area contributed by atoms with Crippen molar-refractivity contribution in [2.45, 2.75) is 25.3 Å². The topological polar surface area (TPSA) is 29.1 Å². The molecule has 18 heavy (non-hydrogen) atoms. The van der Waals surface area contributed by atoms with Crippen molar-refractivity contribution in [2.75, 3.05) is 0 Å². The average molecular weight is 277 g/mol. The molecule has 0 radical (unpaired) electrons. The first-order valence-electron chi connectivity index (χ1n) is 5.69. The van der Waals surface area contributed by atoms with Gasteiger partial charge in [-0.15, -0.1) is 24.0 Å². The Hall–Kier alpha value is -1.26. The Morgan fingerprint density at radius 1 is 1.28 bits per heavy atom. The van der Waals surface area contributed by atoms with Gasteiger partial charge in [0.25, 0.3) is 5.91 Å². The minimum Gasteiger partial charge on any atom is -0.347 e. The van der Waals surface area contributed by atoms with Gasteiger partial charge in [0, 0.05) is 20.2 Å². The van der Waals surface area contributed by atoms with E-state index in [4.69, 9.17) is 0 Å². The number of thiol groups is 1. The van der Waals surface area contributed by atoms with Crippen LogP contribution < -0.4 is 5.32 Å². The van der Waals surface area contributed by atoms with Gasteiger partial charge in [-0.2, -0.15) is 0 Å². The molecule has 0 aliphatic carbocycles. The fraction of sp³-hybridized carbons (Fsp3) is 0.214. The number of nitrogens with one attached hydrogen (secondary N) is 1. The minimum atomic E-state index is -0.0490. The Labute approximate surface area is 116 Å². The lowest BCUT2D eigenvalue weighted by atomic mass is 10.2. The number of hydrogen-bond acceptors (Lipinski definition) is 3. The predicted molar refractivity (Wildman–Crippen MR) is 78.7 cm³/mol. The van der Waals surface area contributed by atoms with E-state index in [1.807, 2.05) is 12.1 Å². The maximum absolute atomic E-state index is 11.9. The first kappa shape index (κ1) is 13.2. The predicted octanol–water partition coefficient (Wildman–Crippen LogP) is 3.58. The minimum absolute atomic E-state index is 0.0490. The number of thiophene rings is 1. The van der Waals surface area contributed by atoms with Gasteiger partial charge in [-0.05, 0) is 49.7 Å². The molecule has 2 rings (SSSR count). The van der Waals surface area contributed by atoms with Crippen molar-refractivity contribution in [1.82, 2.24) is 5.32 Å². The molecule has 1 aromatic heterocycles. The second-order valence-electron chi connectivity index (χ2n) is 4.18. The number of rotatable bonds is 3. The molecule has 1 N–H and O–H groups in total. The summed E-state index contributed by atoms with van der Waals surface area (Å²) in [5.74, 6) is -0.0490. The summed E-state index contributed by atoms with van der Waals surface area (Å²) in [4.78, 5) is 15.2. The lowest BCUT2D eigenvalue weighted by molar-refractivity contribution is 0.0951. The second kappa shape index (κ2) is 5.59. The van der Waals surface area contributed by atoms with Gasteiger partial charge in [0.1, 0.15) is 0 Å². The van der Waals surface area contributed by atoms with Crippen LogP contribution in [0.3, 0.4) is 0 Å². The van der Waals surface area contributed by atoms with Gasteiger partial charge in [0.15, 0.2) is 0 Å². The summed E-state index contributed by atoms with van der Waals surface area (Å²) in [6, 6.07) is 9.32. The molecule has 0 fully saturated rings. The van der Waals surface area contributed by atoms with Crippen molar-refractivity contribution < 1.29 is 4.79 Å². The van der Waals surface area contributed by atoms with Crippen molar-refractivity contribution in [3.05, 3.63) is 51.2 Å². The Kier molecular flexibility index (Phi) is 4.09. The van der Waals surface area contributed by atoms with E-state index in [-0.39, 0.29) is 5.91 Å². The molecule has 4 heteroatoms. The van der Waals surface area contributed by atoms with E-state index in [2.05, 4.69) is 37.9 Å². The summed E-state index contributed by atoms with van der Waals surface area (Å²) in [5, 5.41) is 2.92. The Morgan fingerprint density at radius 3 is 2.50 bits per heavy atom. The molecular formula is C14H15NOS2.